The molecule has 0 aliphatic heterocycles. The smallest absolute Gasteiger partial charge is 0.239 e. The van der Waals surface area contributed by atoms with Gasteiger partial charge >= 0.3 is 0 Å². The van der Waals surface area contributed by atoms with Crippen molar-refractivity contribution in [1.82, 2.24) is 35.6 Å². The molecule has 3 heterocycles. The molecule has 0 bridgehead atoms. The second-order valence-electron chi connectivity index (χ2n) is 19.5. The third-order valence-electron chi connectivity index (χ3n) is 11.0. The van der Waals surface area contributed by atoms with Gasteiger partial charge in [-0.05, 0) is 97.6 Å². The Hall–Kier alpha value is -5.62. The van der Waals surface area contributed by atoms with Gasteiger partial charge < -0.3 is 34.7 Å². The lowest BCUT2D eigenvalue weighted by Gasteiger charge is -2.25. The first kappa shape index (κ1) is 52.7. The number of nitrogens with one attached hydrogen (secondary N) is 3. The summed E-state index contributed by atoms with van der Waals surface area (Å²) in [5.41, 5.74) is 5.86. The highest BCUT2D eigenvalue weighted by Gasteiger charge is 2.27. The summed E-state index contributed by atoms with van der Waals surface area (Å²) in [7, 11) is 3.76. The van der Waals surface area contributed by atoms with Crippen LogP contribution in [0.1, 0.15) is 105 Å². The van der Waals surface area contributed by atoms with Crippen LogP contribution < -0.4 is 20.4 Å². The van der Waals surface area contributed by atoms with Crippen molar-refractivity contribution in [3.63, 3.8) is 0 Å². The first-order chi connectivity index (χ1) is 32.9. The Labute approximate surface area is 415 Å². The number of benzene rings is 2. The number of carbonyl (C=O) groups is 3. The van der Waals surface area contributed by atoms with E-state index >= 15 is 0 Å². The van der Waals surface area contributed by atoms with Gasteiger partial charge in [0.05, 0.1) is 38.2 Å². The molecule has 5 aromatic rings. The summed E-state index contributed by atoms with van der Waals surface area (Å²) in [5.74, 6) is 2.35. The molecule has 15 nitrogen and oxygen atoms in total. The number of aldehydes is 1. The molecule has 1 unspecified atom stereocenters. The number of hydrogen-bond donors (Lipinski definition) is 3. The van der Waals surface area contributed by atoms with Crippen molar-refractivity contribution >= 4 is 57.9 Å². The van der Waals surface area contributed by atoms with Gasteiger partial charge in [0.25, 0.3) is 0 Å². The van der Waals surface area contributed by atoms with Gasteiger partial charge in [-0.2, -0.15) is 0 Å². The van der Waals surface area contributed by atoms with Crippen LogP contribution >= 0.6 is 23.1 Å². The Morgan fingerprint density at radius 2 is 1.28 bits per heavy atom. The van der Waals surface area contributed by atoms with E-state index in [9.17, 15) is 14.4 Å². The quantitative estimate of drug-likeness (QED) is 0.0298. The van der Waals surface area contributed by atoms with E-state index in [2.05, 4.69) is 37.7 Å². The zero-order chi connectivity index (χ0) is 49.6. The Morgan fingerprint density at radius 1 is 0.754 bits per heavy atom. The number of thiazole rings is 1. The minimum atomic E-state index is -0.422. The molecule has 0 radical (unpaired) electrons. The highest BCUT2D eigenvalue weighted by molar-refractivity contribution is 8.15. The molecule has 0 saturated carbocycles. The van der Waals surface area contributed by atoms with Crippen molar-refractivity contribution in [1.29, 1.82) is 5.41 Å². The molecule has 69 heavy (non-hydrogen) atoms. The molecule has 368 valence electrons. The number of hydrogen-bond acceptors (Lipinski definition) is 15. The van der Waals surface area contributed by atoms with E-state index in [0.717, 1.165) is 107 Å². The van der Waals surface area contributed by atoms with Gasteiger partial charge in [-0.25, -0.2) is 24.9 Å². The van der Waals surface area contributed by atoms with Crippen molar-refractivity contribution in [2.75, 3.05) is 50.2 Å². The van der Waals surface area contributed by atoms with E-state index in [1.165, 1.54) is 5.56 Å². The number of ether oxygens (including phenoxy) is 2. The highest BCUT2D eigenvalue weighted by Crippen LogP contribution is 2.33. The third-order valence-corrected chi connectivity index (χ3v) is 13.1. The van der Waals surface area contributed by atoms with Crippen LogP contribution in [0.15, 0.2) is 66.9 Å². The minimum absolute atomic E-state index is 0.0195. The summed E-state index contributed by atoms with van der Waals surface area (Å²) in [5, 5.41) is 15.1. The second-order valence-corrected chi connectivity index (χ2v) is 21.8. The highest BCUT2D eigenvalue weighted by atomic mass is 32.2. The Kier molecular flexibility index (Phi) is 18.9. The van der Waals surface area contributed by atoms with Crippen molar-refractivity contribution in [2.24, 2.45) is 0 Å². The fourth-order valence-electron chi connectivity index (χ4n) is 7.94. The maximum absolute atomic E-state index is 12.5. The molecule has 2 aromatic carbocycles. The van der Waals surface area contributed by atoms with E-state index in [4.69, 9.17) is 24.9 Å². The molecule has 1 atom stereocenters. The lowest BCUT2D eigenvalue weighted by atomic mass is 10.1. The van der Waals surface area contributed by atoms with Gasteiger partial charge in [0.15, 0.2) is 16.7 Å². The topological polar surface area (TPSA) is 189 Å². The standard InChI is InChI=1S/C26H35N5O3S.C26H33N5O2S/c1-26(2,3)30-22(33)15-31(4)25-20-11-8-12-21(20)28-24(29-25)23(27)35-19(16-32)13-14-34-17-18-9-6-5-7-10-18;1-26(2,3)30-22(32)16-31(4)24-20-11-8-12-21(20)28-23(29-24)25-27-15-19(34-25)13-14-33-17-18-9-6-5-7-10-18/h5-7,9-10,16,19,27H,8,11-15,17H2,1-4H3,(H,30,33);5-7,9-10,15H,8,11-14,16-17H2,1-4H3,(H,30,32). The number of amides is 2. The summed E-state index contributed by atoms with van der Waals surface area (Å²) in [6.07, 6.45) is 9.62. The zero-order valence-corrected chi connectivity index (χ0v) is 43.0. The fraction of sp³-hybridized carbons (Fsp3) is 0.481. The van der Waals surface area contributed by atoms with Crippen LogP contribution in [-0.2, 0) is 69.2 Å². The van der Waals surface area contributed by atoms with Crippen LogP contribution in [0, 0.1) is 5.41 Å². The predicted molar refractivity (Wildman–Crippen MR) is 276 cm³/mol. The Morgan fingerprint density at radius 3 is 1.81 bits per heavy atom. The molecule has 0 saturated heterocycles. The summed E-state index contributed by atoms with van der Waals surface area (Å²) in [6, 6.07) is 20.1. The van der Waals surface area contributed by atoms with E-state index in [1.807, 2.05) is 120 Å². The Balaban J connectivity index is 0.000000227. The monoisotopic (exact) mass is 976 g/mol. The van der Waals surface area contributed by atoms with Gasteiger partial charge in [-0.15, -0.1) is 11.3 Å². The number of carbonyl (C=O) groups excluding carboxylic acids is 3. The summed E-state index contributed by atoms with van der Waals surface area (Å²) < 4.78 is 11.5. The maximum Gasteiger partial charge on any atom is 0.239 e. The number of aryl methyl sites for hydroxylation is 2. The van der Waals surface area contributed by atoms with E-state index < -0.39 is 5.25 Å². The normalized spacial score (nSPS) is 13.4. The Bertz CT molecular complexity index is 2510. The van der Waals surface area contributed by atoms with E-state index in [1.54, 1.807) is 11.3 Å². The van der Waals surface area contributed by atoms with Gasteiger partial charge in [0, 0.05) is 71.8 Å². The second kappa shape index (κ2) is 24.8. The first-order valence-corrected chi connectivity index (χ1v) is 25.4. The number of fused-ring (bicyclic) bond motifs is 2. The van der Waals surface area contributed by atoms with Crippen LogP contribution in [0.25, 0.3) is 10.8 Å². The van der Waals surface area contributed by atoms with Crippen LogP contribution in [0.4, 0.5) is 11.6 Å². The molecule has 3 aromatic heterocycles. The summed E-state index contributed by atoms with van der Waals surface area (Å²) >= 11 is 2.75. The SMILES string of the molecule is CN(CC(=O)NC(C)(C)C)c1nc(-c2ncc(CCOCc3ccccc3)s2)nc2c1CCC2.CN(CC(=O)NC(C)(C)C)c1nc(C(=N)SC(C=O)CCOCc2ccccc2)nc2c1CCC2. The molecule has 2 aliphatic carbocycles. The average Bonchev–Trinajstić information content (AvgIpc) is 4.10. The molecule has 17 heteroatoms. The number of thioether (sulfide) groups is 1. The fourth-order valence-corrected chi connectivity index (χ4v) is 9.53. The van der Waals surface area contributed by atoms with E-state index in [0.29, 0.717) is 50.3 Å². The van der Waals surface area contributed by atoms with Gasteiger partial charge in [-0.3, -0.25) is 15.0 Å². The lowest BCUT2D eigenvalue weighted by molar-refractivity contribution is -0.122. The minimum Gasteiger partial charge on any atom is -0.377 e. The molecular weight excluding hydrogens is 909 g/mol. The van der Waals surface area contributed by atoms with Crippen molar-refractivity contribution in [2.45, 2.75) is 122 Å². The number of anilines is 2. The van der Waals surface area contributed by atoms with Gasteiger partial charge in [-0.1, -0.05) is 72.4 Å². The number of likely N-dealkylation sites (N-methyl/N-ethyl adjacent to an activating group) is 2. The lowest BCUT2D eigenvalue weighted by Crippen LogP contribution is -2.45. The van der Waals surface area contributed by atoms with Gasteiger partial charge in [0.1, 0.15) is 23.0 Å². The van der Waals surface area contributed by atoms with Crippen LogP contribution in [0.3, 0.4) is 0 Å². The molecule has 0 fully saturated rings. The van der Waals surface area contributed by atoms with Gasteiger partial charge in [0.2, 0.25) is 11.8 Å². The number of rotatable bonds is 20. The van der Waals surface area contributed by atoms with Crippen LogP contribution in [0.5, 0.6) is 0 Å². The summed E-state index contributed by atoms with van der Waals surface area (Å²) in [6.45, 7) is 14.4. The molecule has 3 N–H and O–H groups in total. The van der Waals surface area contributed by atoms with Crippen LogP contribution in [-0.4, -0.2) is 105 Å². The van der Waals surface area contributed by atoms with Crippen molar-refractivity contribution in [3.8, 4) is 10.8 Å². The largest absolute Gasteiger partial charge is 0.377 e. The summed E-state index contributed by atoms with van der Waals surface area (Å²) in [4.78, 5) is 65.1. The average molecular weight is 977 g/mol. The van der Waals surface area contributed by atoms with E-state index in [-0.39, 0.29) is 41.0 Å². The molecule has 2 aliphatic rings. The molecule has 2 amide bonds. The van der Waals surface area contributed by atoms with Crippen molar-refractivity contribution < 1.29 is 23.9 Å². The predicted octanol–water partition coefficient (Wildman–Crippen LogP) is 7.75. The zero-order valence-electron chi connectivity index (χ0n) is 41.4. The number of nitrogens with zero attached hydrogens (tertiary/aromatic N) is 7. The first-order valence-electron chi connectivity index (χ1n) is 23.7. The molecular formula is C52H68N10O5S2. The van der Waals surface area contributed by atoms with Crippen LogP contribution in [0.2, 0.25) is 0 Å². The number of aromatic nitrogens is 5. The third kappa shape index (κ3) is 16.5. The maximum atomic E-state index is 12.5. The molecule has 7 rings (SSSR count). The van der Waals surface area contributed by atoms with Crippen molar-refractivity contribution in [3.05, 3.63) is 111 Å². The molecule has 0 spiro atoms.